The van der Waals surface area contributed by atoms with Gasteiger partial charge in [0.1, 0.15) is 5.35 Å². The van der Waals surface area contributed by atoms with Crippen LogP contribution in [0.3, 0.4) is 0 Å². The van der Waals surface area contributed by atoms with Crippen LogP contribution in [-0.4, -0.2) is 33.8 Å². The molecule has 1 heterocycles. The highest BCUT2D eigenvalue weighted by Crippen LogP contribution is 2.27. The van der Waals surface area contributed by atoms with Crippen molar-refractivity contribution in [2.24, 2.45) is 5.73 Å². The molecule has 0 spiro atoms. The lowest BCUT2D eigenvalue weighted by Crippen LogP contribution is -2.60. The van der Waals surface area contributed by atoms with Gasteiger partial charge in [0.25, 0.3) is 0 Å². The number of rotatable bonds is 6. The van der Waals surface area contributed by atoms with Gasteiger partial charge in [-0.15, -0.1) is 0 Å². The number of nitrogens with one attached hydrogen (secondary N) is 1. The predicted octanol–water partition coefficient (Wildman–Crippen LogP) is 1.24. The molecule has 0 aromatic carbocycles. The standard InChI is InChI=1S/C11H26N2OSi/c1-3-10-15(2)11(13-8-7-12)6-4-5-9-14-11/h13,15H,3-10,12H2,1-2H3. The van der Waals surface area contributed by atoms with E-state index < -0.39 is 8.80 Å². The van der Waals surface area contributed by atoms with Gasteiger partial charge in [-0.25, -0.2) is 0 Å². The van der Waals surface area contributed by atoms with E-state index in [1.807, 2.05) is 0 Å². The zero-order valence-corrected chi connectivity index (χ0v) is 11.4. The van der Waals surface area contributed by atoms with E-state index in [2.05, 4.69) is 18.8 Å². The number of hydrogen-bond donors (Lipinski definition) is 2. The Morgan fingerprint density at radius 1 is 1.47 bits per heavy atom. The number of hydrogen-bond acceptors (Lipinski definition) is 3. The number of ether oxygens (including phenoxy) is 1. The Hall–Kier alpha value is 0.0969. The monoisotopic (exact) mass is 230 g/mol. The Morgan fingerprint density at radius 3 is 2.80 bits per heavy atom. The third-order valence-electron chi connectivity index (χ3n) is 3.39. The fourth-order valence-corrected chi connectivity index (χ4v) is 5.39. The van der Waals surface area contributed by atoms with E-state index in [1.54, 1.807) is 0 Å². The minimum absolute atomic E-state index is 0.0492. The maximum atomic E-state index is 6.08. The van der Waals surface area contributed by atoms with Crippen molar-refractivity contribution in [3.05, 3.63) is 0 Å². The summed E-state index contributed by atoms with van der Waals surface area (Å²) in [5.74, 6) is 0. The summed E-state index contributed by atoms with van der Waals surface area (Å²) in [6, 6.07) is 1.36. The first kappa shape index (κ1) is 13.2. The zero-order chi connectivity index (χ0) is 11.1. The van der Waals surface area contributed by atoms with Gasteiger partial charge < -0.3 is 10.5 Å². The molecule has 0 radical (unpaired) electrons. The van der Waals surface area contributed by atoms with E-state index >= 15 is 0 Å². The van der Waals surface area contributed by atoms with Crippen LogP contribution >= 0.6 is 0 Å². The Labute approximate surface area is 95.4 Å². The second kappa shape index (κ2) is 6.63. The first-order valence-corrected chi connectivity index (χ1v) is 8.89. The third-order valence-corrected chi connectivity index (χ3v) is 7.08. The Kier molecular flexibility index (Phi) is 5.82. The van der Waals surface area contributed by atoms with Crippen molar-refractivity contribution in [2.45, 2.75) is 50.5 Å². The van der Waals surface area contributed by atoms with Crippen molar-refractivity contribution >= 4 is 8.80 Å². The molecule has 2 atom stereocenters. The summed E-state index contributed by atoms with van der Waals surface area (Å²) in [6.45, 7) is 7.22. The molecule has 0 aromatic rings. The molecule has 4 heteroatoms. The molecule has 2 unspecified atom stereocenters. The first-order chi connectivity index (χ1) is 7.25. The van der Waals surface area contributed by atoms with E-state index in [9.17, 15) is 0 Å². The lowest BCUT2D eigenvalue weighted by molar-refractivity contribution is -0.0450. The van der Waals surface area contributed by atoms with Gasteiger partial charge in [-0.05, 0) is 19.3 Å². The van der Waals surface area contributed by atoms with Gasteiger partial charge in [-0.2, -0.15) is 0 Å². The van der Waals surface area contributed by atoms with E-state index in [0.29, 0.717) is 6.54 Å². The van der Waals surface area contributed by atoms with Crippen molar-refractivity contribution in [3.63, 3.8) is 0 Å². The van der Waals surface area contributed by atoms with Gasteiger partial charge in [0.2, 0.25) is 0 Å². The summed E-state index contributed by atoms with van der Waals surface area (Å²) in [6.07, 6.45) is 5.00. The van der Waals surface area contributed by atoms with Crippen molar-refractivity contribution in [1.82, 2.24) is 5.32 Å². The summed E-state index contributed by atoms with van der Waals surface area (Å²) < 4.78 is 6.08. The summed E-state index contributed by atoms with van der Waals surface area (Å²) >= 11 is 0. The van der Waals surface area contributed by atoms with Crippen molar-refractivity contribution in [2.75, 3.05) is 19.7 Å². The molecule has 1 saturated heterocycles. The van der Waals surface area contributed by atoms with E-state index in [4.69, 9.17) is 10.5 Å². The molecule has 3 N–H and O–H groups in total. The predicted molar refractivity (Wildman–Crippen MR) is 67.7 cm³/mol. The van der Waals surface area contributed by atoms with Crippen LogP contribution in [0.5, 0.6) is 0 Å². The van der Waals surface area contributed by atoms with Crippen LogP contribution in [0.25, 0.3) is 0 Å². The summed E-state index contributed by atoms with van der Waals surface area (Å²) in [5.41, 5.74) is 5.58. The number of nitrogens with two attached hydrogens (primary N) is 1. The van der Waals surface area contributed by atoms with E-state index in [1.165, 1.54) is 31.7 Å². The molecule has 3 nitrogen and oxygen atoms in total. The van der Waals surface area contributed by atoms with Crippen LogP contribution in [0.15, 0.2) is 0 Å². The van der Waals surface area contributed by atoms with Crippen LogP contribution in [-0.2, 0) is 4.74 Å². The minimum Gasteiger partial charge on any atom is -0.364 e. The topological polar surface area (TPSA) is 47.3 Å². The second-order valence-corrected chi connectivity index (χ2v) is 7.91. The average molecular weight is 230 g/mol. The molecule has 0 amide bonds. The second-order valence-electron chi connectivity index (χ2n) is 4.60. The molecular formula is C11H26N2OSi. The fourth-order valence-electron chi connectivity index (χ4n) is 2.47. The molecule has 0 aliphatic carbocycles. The van der Waals surface area contributed by atoms with Crippen LogP contribution in [0.1, 0.15) is 32.6 Å². The fraction of sp³-hybridized carbons (Fsp3) is 1.00. The normalized spacial score (nSPS) is 29.0. The Morgan fingerprint density at radius 2 is 2.27 bits per heavy atom. The molecule has 1 rings (SSSR count). The zero-order valence-electron chi connectivity index (χ0n) is 10.2. The van der Waals surface area contributed by atoms with Crippen LogP contribution in [0, 0.1) is 0 Å². The molecule has 1 fully saturated rings. The molecule has 1 aliphatic heterocycles. The highest BCUT2D eigenvalue weighted by atomic mass is 28.3. The maximum absolute atomic E-state index is 6.08. The lowest BCUT2D eigenvalue weighted by Gasteiger charge is -2.42. The van der Waals surface area contributed by atoms with Crippen LogP contribution in [0.2, 0.25) is 12.6 Å². The Balaban J connectivity index is 2.56. The van der Waals surface area contributed by atoms with Gasteiger partial charge in [0.15, 0.2) is 0 Å². The van der Waals surface area contributed by atoms with Crippen molar-refractivity contribution in [3.8, 4) is 0 Å². The maximum Gasteiger partial charge on any atom is 0.101 e. The van der Waals surface area contributed by atoms with Crippen molar-refractivity contribution in [1.29, 1.82) is 0 Å². The average Bonchev–Trinajstić information content (AvgIpc) is 2.28. The van der Waals surface area contributed by atoms with Crippen LogP contribution in [0.4, 0.5) is 0 Å². The van der Waals surface area contributed by atoms with Gasteiger partial charge in [0.05, 0.1) is 8.80 Å². The highest BCUT2D eigenvalue weighted by Gasteiger charge is 2.38. The highest BCUT2D eigenvalue weighted by molar-refractivity contribution is 6.60. The van der Waals surface area contributed by atoms with Gasteiger partial charge in [-0.3, -0.25) is 5.32 Å². The SMILES string of the molecule is CCC[SiH](C)C1(NCCN)CCCCO1. The van der Waals surface area contributed by atoms with Gasteiger partial charge in [-0.1, -0.05) is 25.9 Å². The van der Waals surface area contributed by atoms with Crippen molar-refractivity contribution < 1.29 is 4.74 Å². The van der Waals surface area contributed by atoms with Gasteiger partial charge in [0, 0.05) is 19.7 Å². The molecule has 0 aromatic heterocycles. The van der Waals surface area contributed by atoms with Gasteiger partial charge >= 0.3 is 0 Å². The quantitative estimate of drug-likeness (QED) is 0.675. The first-order valence-electron chi connectivity index (χ1n) is 6.34. The summed E-state index contributed by atoms with van der Waals surface area (Å²) in [5, 5.41) is 3.63. The lowest BCUT2D eigenvalue weighted by atomic mass is 10.2. The minimum atomic E-state index is -0.840. The van der Waals surface area contributed by atoms with Crippen LogP contribution < -0.4 is 11.1 Å². The molecule has 0 bridgehead atoms. The van der Waals surface area contributed by atoms with E-state index in [-0.39, 0.29) is 5.35 Å². The summed E-state index contributed by atoms with van der Waals surface area (Å²) in [7, 11) is -0.840. The molecular weight excluding hydrogens is 204 g/mol. The largest absolute Gasteiger partial charge is 0.364 e. The molecule has 90 valence electrons. The van der Waals surface area contributed by atoms with E-state index in [0.717, 1.165) is 13.2 Å². The molecule has 1 aliphatic rings. The third kappa shape index (κ3) is 3.55. The Bertz CT molecular complexity index is 172. The summed E-state index contributed by atoms with van der Waals surface area (Å²) in [4.78, 5) is 0. The molecule has 15 heavy (non-hydrogen) atoms. The smallest absolute Gasteiger partial charge is 0.101 e. The molecule has 0 saturated carbocycles.